The van der Waals surface area contributed by atoms with Crippen LogP contribution in [0.4, 0.5) is 8.78 Å². The Bertz CT molecular complexity index is 627. The second-order valence-electron chi connectivity index (χ2n) is 4.38. The van der Waals surface area contributed by atoms with Crippen LogP contribution in [-0.2, 0) is 18.4 Å². The lowest BCUT2D eigenvalue weighted by Crippen LogP contribution is -2.33. The standard InChI is InChI=1S/C13H14F2N4O/c1-19-7-9(6-18-19)12(16)13(20)17-5-8-2-3-10(14)4-11(8)15/h2-4,6-7,12H,5,16H2,1H3,(H,17,20). The second kappa shape index (κ2) is 5.79. The van der Waals surface area contributed by atoms with E-state index in [0.29, 0.717) is 5.56 Å². The van der Waals surface area contributed by atoms with E-state index in [1.165, 1.54) is 16.9 Å². The fourth-order valence-corrected chi connectivity index (χ4v) is 1.71. The van der Waals surface area contributed by atoms with Gasteiger partial charge in [-0.15, -0.1) is 0 Å². The van der Waals surface area contributed by atoms with Crippen LogP contribution in [0.3, 0.4) is 0 Å². The van der Waals surface area contributed by atoms with Crippen molar-refractivity contribution in [3.05, 3.63) is 53.4 Å². The molecule has 1 aromatic carbocycles. The number of benzene rings is 1. The van der Waals surface area contributed by atoms with Crippen molar-refractivity contribution < 1.29 is 13.6 Å². The molecule has 0 saturated heterocycles. The van der Waals surface area contributed by atoms with Crippen LogP contribution in [0.2, 0.25) is 0 Å². The SMILES string of the molecule is Cn1cc(C(N)C(=O)NCc2ccc(F)cc2F)cn1. The number of carbonyl (C=O) groups is 1. The van der Waals surface area contributed by atoms with Crippen molar-refractivity contribution in [3.63, 3.8) is 0 Å². The molecule has 0 fully saturated rings. The number of hydrogen-bond acceptors (Lipinski definition) is 3. The lowest BCUT2D eigenvalue weighted by atomic mass is 10.1. The molecule has 106 valence electrons. The van der Waals surface area contributed by atoms with E-state index in [2.05, 4.69) is 10.4 Å². The molecule has 0 spiro atoms. The third-order valence-electron chi connectivity index (χ3n) is 2.83. The Morgan fingerprint density at radius 2 is 2.25 bits per heavy atom. The maximum absolute atomic E-state index is 13.4. The average Bonchev–Trinajstić information content (AvgIpc) is 2.83. The maximum Gasteiger partial charge on any atom is 0.241 e. The summed E-state index contributed by atoms with van der Waals surface area (Å²) >= 11 is 0. The number of amides is 1. The Morgan fingerprint density at radius 1 is 1.50 bits per heavy atom. The molecule has 0 radical (unpaired) electrons. The molecule has 0 aliphatic carbocycles. The van der Waals surface area contributed by atoms with Gasteiger partial charge in [-0.2, -0.15) is 5.10 Å². The minimum Gasteiger partial charge on any atom is -0.350 e. The number of carbonyl (C=O) groups excluding carboxylic acids is 1. The normalized spacial score (nSPS) is 12.2. The molecule has 2 aromatic rings. The highest BCUT2D eigenvalue weighted by Gasteiger charge is 2.17. The molecule has 1 heterocycles. The monoisotopic (exact) mass is 280 g/mol. The Morgan fingerprint density at radius 3 is 2.85 bits per heavy atom. The smallest absolute Gasteiger partial charge is 0.241 e. The Kier molecular flexibility index (Phi) is 4.09. The van der Waals surface area contributed by atoms with Gasteiger partial charge in [-0.3, -0.25) is 9.48 Å². The number of aryl methyl sites for hydroxylation is 1. The molecule has 3 N–H and O–H groups in total. The third-order valence-corrected chi connectivity index (χ3v) is 2.83. The first-order valence-electron chi connectivity index (χ1n) is 5.93. The van der Waals surface area contributed by atoms with Crippen molar-refractivity contribution in [2.75, 3.05) is 0 Å². The molecule has 0 bridgehead atoms. The van der Waals surface area contributed by atoms with Gasteiger partial charge in [-0.1, -0.05) is 6.07 Å². The largest absolute Gasteiger partial charge is 0.350 e. The summed E-state index contributed by atoms with van der Waals surface area (Å²) in [6, 6.07) is 2.29. The van der Waals surface area contributed by atoms with Crippen LogP contribution in [0.25, 0.3) is 0 Å². The van der Waals surface area contributed by atoms with Crippen LogP contribution in [0, 0.1) is 11.6 Å². The van der Waals surface area contributed by atoms with Crippen molar-refractivity contribution in [2.45, 2.75) is 12.6 Å². The second-order valence-corrected chi connectivity index (χ2v) is 4.38. The van der Waals surface area contributed by atoms with Gasteiger partial charge < -0.3 is 11.1 Å². The summed E-state index contributed by atoms with van der Waals surface area (Å²) in [4.78, 5) is 11.8. The molecule has 20 heavy (non-hydrogen) atoms. The van der Waals surface area contributed by atoms with Crippen LogP contribution in [0.5, 0.6) is 0 Å². The number of halogens is 2. The average molecular weight is 280 g/mol. The van der Waals surface area contributed by atoms with Crippen LogP contribution in [0.1, 0.15) is 17.2 Å². The van der Waals surface area contributed by atoms with E-state index in [1.54, 1.807) is 13.2 Å². The summed E-state index contributed by atoms with van der Waals surface area (Å²) in [7, 11) is 1.71. The van der Waals surface area contributed by atoms with E-state index in [9.17, 15) is 13.6 Å². The highest BCUT2D eigenvalue weighted by molar-refractivity contribution is 5.82. The zero-order valence-electron chi connectivity index (χ0n) is 10.8. The number of nitrogens with one attached hydrogen (secondary N) is 1. The van der Waals surface area contributed by atoms with Gasteiger partial charge in [0.05, 0.1) is 6.20 Å². The molecule has 2 rings (SSSR count). The zero-order valence-corrected chi connectivity index (χ0v) is 10.8. The predicted molar refractivity (Wildman–Crippen MR) is 68.3 cm³/mol. The lowest BCUT2D eigenvalue weighted by Gasteiger charge is -2.11. The van der Waals surface area contributed by atoms with Crippen molar-refractivity contribution in [1.82, 2.24) is 15.1 Å². The molecule has 5 nitrogen and oxygen atoms in total. The first-order chi connectivity index (χ1) is 9.47. The van der Waals surface area contributed by atoms with Crippen LogP contribution in [0.15, 0.2) is 30.6 Å². The van der Waals surface area contributed by atoms with Crippen LogP contribution in [-0.4, -0.2) is 15.7 Å². The third kappa shape index (κ3) is 3.18. The molecule has 0 saturated carbocycles. The van der Waals surface area contributed by atoms with Gasteiger partial charge in [-0.25, -0.2) is 8.78 Å². The number of rotatable bonds is 4. The Labute approximate surface area is 114 Å². The van der Waals surface area contributed by atoms with Gasteiger partial charge in [-0.05, 0) is 6.07 Å². The first kappa shape index (κ1) is 14.1. The Balaban J connectivity index is 1.98. The van der Waals surface area contributed by atoms with E-state index >= 15 is 0 Å². The van der Waals surface area contributed by atoms with Crippen molar-refractivity contribution in [2.24, 2.45) is 12.8 Å². The van der Waals surface area contributed by atoms with E-state index in [4.69, 9.17) is 5.73 Å². The molecule has 1 aromatic heterocycles. The topological polar surface area (TPSA) is 72.9 Å². The number of nitrogens with two attached hydrogens (primary N) is 1. The molecular formula is C13H14F2N4O. The molecule has 7 heteroatoms. The zero-order chi connectivity index (χ0) is 14.7. The van der Waals surface area contributed by atoms with Gasteiger partial charge in [0.25, 0.3) is 0 Å². The number of aromatic nitrogens is 2. The van der Waals surface area contributed by atoms with Gasteiger partial charge in [0.1, 0.15) is 17.7 Å². The van der Waals surface area contributed by atoms with Crippen molar-refractivity contribution >= 4 is 5.91 Å². The summed E-state index contributed by atoms with van der Waals surface area (Å²) < 4.78 is 27.7. The summed E-state index contributed by atoms with van der Waals surface area (Å²) in [6.07, 6.45) is 3.12. The summed E-state index contributed by atoms with van der Waals surface area (Å²) in [6.45, 7) is -0.0566. The minimum absolute atomic E-state index is 0.0566. The van der Waals surface area contributed by atoms with Gasteiger partial charge in [0.2, 0.25) is 5.91 Å². The fraction of sp³-hybridized carbons (Fsp3) is 0.231. The van der Waals surface area contributed by atoms with E-state index in [0.717, 1.165) is 12.1 Å². The van der Waals surface area contributed by atoms with Gasteiger partial charge in [0, 0.05) is 37.0 Å². The molecular weight excluding hydrogens is 266 g/mol. The fourth-order valence-electron chi connectivity index (χ4n) is 1.71. The first-order valence-corrected chi connectivity index (χ1v) is 5.93. The summed E-state index contributed by atoms with van der Waals surface area (Å²) in [5.41, 5.74) is 6.51. The van der Waals surface area contributed by atoms with Crippen molar-refractivity contribution in [1.29, 1.82) is 0 Å². The van der Waals surface area contributed by atoms with E-state index in [1.807, 2.05) is 0 Å². The number of hydrogen-bond donors (Lipinski definition) is 2. The van der Waals surface area contributed by atoms with E-state index in [-0.39, 0.29) is 12.1 Å². The molecule has 1 unspecified atom stereocenters. The lowest BCUT2D eigenvalue weighted by molar-refractivity contribution is -0.122. The predicted octanol–water partition coefficient (Wildman–Crippen LogP) is 1.01. The highest BCUT2D eigenvalue weighted by Crippen LogP contribution is 2.11. The quantitative estimate of drug-likeness (QED) is 0.878. The number of nitrogens with zero attached hydrogens (tertiary/aromatic N) is 2. The van der Waals surface area contributed by atoms with Crippen molar-refractivity contribution in [3.8, 4) is 0 Å². The minimum atomic E-state index is -0.882. The molecule has 0 aliphatic heterocycles. The highest BCUT2D eigenvalue weighted by atomic mass is 19.1. The van der Waals surface area contributed by atoms with Crippen LogP contribution >= 0.6 is 0 Å². The maximum atomic E-state index is 13.4. The van der Waals surface area contributed by atoms with Gasteiger partial charge in [0.15, 0.2) is 0 Å². The molecule has 1 amide bonds. The summed E-state index contributed by atoms with van der Waals surface area (Å²) in [5, 5.41) is 6.42. The van der Waals surface area contributed by atoms with Gasteiger partial charge >= 0.3 is 0 Å². The molecule has 0 aliphatic rings. The summed E-state index contributed by atoms with van der Waals surface area (Å²) in [5.74, 6) is -1.83. The Hall–Kier alpha value is -2.28. The van der Waals surface area contributed by atoms with Crippen LogP contribution < -0.4 is 11.1 Å². The molecule has 1 atom stereocenters. The van der Waals surface area contributed by atoms with E-state index < -0.39 is 23.6 Å².